The molecule has 4 N–H and O–H groups in total. The van der Waals surface area contributed by atoms with Gasteiger partial charge in [0.15, 0.2) is 0 Å². The molecule has 0 spiro atoms. The van der Waals surface area contributed by atoms with Crippen molar-refractivity contribution in [2.24, 2.45) is 5.73 Å². The summed E-state index contributed by atoms with van der Waals surface area (Å²) < 4.78 is 5.53. The molecule has 1 heterocycles. The Morgan fingerprint density at radius 3 is 2.80 bits per heavy atom. The molecule has 20 heavy (non-hydrogen) atoms. The number of nitrogens with one attached hydrogen (secondary N) is 2. The van der Waals surface area contributed by atoms with Gasteiger partial charge in [0.1, 0.15) is 6.61 Å². The van der Waals surface area contributed by atoms with Gasteiger partial charge >= 0.3 is 0 Å². The van der Waals surface area contributed by atoms with Gasteiger partial charge in [-0.05, 0) is 24.6 Å². The van der Waals surface area contributed by atoms with E-state index in [4.69, 9.17) is 10.5 Å². The highest BCUT2D eigenvalue weighted by atomic mass is 16.5. The van der Waals surface area contributed by atoms with E-state index in [1.165, 1.54) is 0 Å². The van der Waals surface area contributed by atoms with Crippen LogP contribution in [0.25, 0.3) is 0 Å². The van der Waals surface area contributed by atoms with Gasteiger partial charge in [-0.25, -0.2) is 0 Å². The van der Waals surface area contributed by atoms with Gasteiger partial charge in [0.05, 0.1) is 5.60 Å². The molecule has 0 saturated carbocycles. The number of hydrogen-bond acceptors (Lipinski definition) is 4. The van der Waals surface area contributed by atoms with Crippen LogP contribution in [0.4, 0.5) is 0 Å². The maximum Gasteiger partial charge on any atom is 0.248 e. The molecule has 0 bridgehead atoms. The van der Waals surface area contributed by atoms with E-state index in [9.17, 15) is 9.59 Å². The molecule has 0 radical (unpaired) electrons. The Morgan fingerprint density at radius 2 is 2.20 bits per heavy atom. The molecule has 6 nitrogen and oxygen atoms in total. The molecule has 0 aromatic heterocycles. The molecule has 1 fully saturated rings. The summed E-state index contributed by atoms with van der Waals surface area (Å²) in [7, 11) is 0. The second kappa shape index (κ2) is 6.02. The predicted octanol–water partition coefficient (Wildman–Crippen LogP) is -0.220. The predicted molar refractivity (Wildman–Crippen MR) is 74.0 cm³/mol. The van der Waals surface area contributed by atoms with E-state index in [1.807, 2.05) is 13.0 Å². The first-order valence-electron chi connectivity index (χ1n) is 6.49. The Balaban J connectivity index is 1.78. The lowest BCUT2D eigenvalue weighted by Crippen LogP contribution is -2.59. The second-order valence-electron chi connectivity index (χ2n) is 5.18. The number of primary amides is 1. The Hall–Kier alpha value is -1.92. The molecule has 2 amide bonds. The van der Waals surface area contributed by atoms with Crippen molar-refractivity contribution in [3.8, 4) is 0 Å². The van der Waals surface area contributed by atoms with Crippen LogP contribution in [0.1, 0.15) is 22.8 Å². The highest BCUT2D eigenvalue weighted by Crippen LogP contribution is 2.14. The average Bonchev–Trinajstić information content (AvgIpc) is 2.41. The Labute approximate surface area is 117 Å². The lowest BCUT2D eigenvalue weighted by atomic mass is 10.0. The smallest absolute Gasteiger partial charge is 0.248 e. The fraction of sp³-hybridized carbons (Fsp3) is 0.429. The number of carbonyl (C=O) groups excluding carboxylic acids is 2. The summed E-state index contributed by atoms with van der Waals surface area (Å²) in [4.78, 5) is 22.7. The zero-order valence-electron chi connectivity index (χ0n) is 11.4. The van der Waals surface area contributed by atoms with Crippen LogP contribution in [-0.4, -0.2) is 37.1 Å². The number of ether oxygens (including phenoxy) is 1. The maximum atomic E-state index is 11.7. The summed E-state index contributed by atoms with van der Waals surface area (Å²) in [6.07, 6.45) is 0. The molecule has 6 heteroatoms. The van der Waals surface area contributed by atoms with Crippen molar-refractivity contribution >= 4 is 11.8 Å². The highest BCUT2D eigenvalue weighted by molar-refractivity contribution is 5.92. The first-order chi connectivity index (χ1) is 9.48. The SMILES string of the molecule is CC1(OCC(=O)NCc2cccc(C(N)=O)c2)CNC1. The van der Waals surface area contributed by atoms with Crippen molar-refractivity contribution in [1.29, 1.82) is 0 Å². The number of benzene rings is 1. The van der Waals surface area contributed by atoms with Crippen molar-refractivity contribution < 1.29 is 14.3 Å². The van der Waals surface area contributed by atoms with E-state index in [0.29, 0.717) is 12.1 Å². The van der Waals surface area contributed by atoms with E-state index < -0.39 is 5.91 Å². The summed E-state index contributed by atoms with van der Waals surface area (Å²) in [5.41, 5.74) is 6.23. The fourth-order valence-electron chi connectivity index (χ4n) is 1.91. The summed E-state index contributed by atoms with van der Waals surface area (Å²) in [5, 5.41) is 5.85. The number of nitrogens with two attached hydrogens (primary N) is 1. The third-order valence-electron chi connectivity index (χ3n) is 3.25. The first kappa shape index (κ1) is 14.5. The van der Waals surface area contributed by atoms with Gasteiger partial charge in [0.25, 0.3) is 0 Å². The van der Waals surface area contributed by atoms with Crippen LogP contribution in [-0.2, 0) is 16.1 Å². The minimum Gasteiger partial charge on any atom is -0.366 e. The standard InChI is InChI=1S/C14H19N3O3/c1-14(8-16-9-14)20-7-12(18)17-6-10-3-2-4-11(5-10)13(15)19/h2-5,16H,6-9H2,1H3,(H2,15,19)(H,17,18). The normalized spacial score (nSPS) is 16.2. The van der Waals surface area contributed by atoms with Crippen LogP contribution < -0.4 is 16.4 Å². The number of carbonyl (C=O) groups is 2. The Bertz CT molecular complexity index is 512. The molecule has 1 aliphatic heterocycles. The zero-order valence-corrected chi connectivity index (χ0v) is 11.4. The third kappa shape index (κ3) is 3.79. The quantitative estimate of drug-likeness (QED) is 0.670. The van der Waals surface area contributed by atoms with Crippen LogP contribution in [0.15, 0.2) is 24.3 Å². The van der Waals surface area contributed by atoms with Crippen LogP contribution in [0.2, 0.25) is 0 Å². The topological polar surface area (TPSA) is 93.4 Å². The number of hydrogen-bond donors (Lipinski definition) is 3. The monoisotopic (exact) mass is 277 g/mol. The van der Waals surface area contributed by atoms with Gasteiger partial charge < -0.3 is 21.1 Å². The van der Waals surface area contributed by atoms with Gasteiger partial charge in [0, 0.05) is 25.2 Å². The van der Waals surface area contributed by atoms with E-state index >= 15 is 0 Å². The van der Waals surface area contributed by atoms with E-state index in [-0.39, 0.29) is 18.1 Å². The molecule has 1 aromatic rings. The second-order valence-corrected chi connectivity index (χ2v) is 5.18. The van der Waals surface area contributed by atoms with Crippen molar-refractivity contribution in [3.63, 3.8) is 0 Å². The summed E-state index contributed by atoms with van der Waals surface area (Å²) in [5.74, 6) is -0.658. The molecule has 1 aromatic carbocycles. The lowest BCUT2D eigenvalue weighted by Gasteiger charge is -2.38. The molecule has 108 valence electrons. The van der Waals surface area contributed by atoms with Gasteiger partial charge in [0.2, 0.25) is 11.8 Å². The largest absolute Gasteiger partial charge is 0.366 e. The minimum atomic E-state index is -0.480. The molecule has 0 aliphatic carbocycles. The molecular formula is C14H19N3O3. The van der Waals surface area contributed by atoms with Crippen molar-refractivity contribution in [1.82, 2.24) is 10.6 Å². The van der Waals surface area contributed by atoms with E-state index in [0.717, 1.165) is 18.7 Å². The average molecular weight is 277 g/mol. The lowest BCUT2D eigenvalue weighted by molar-refractivity contribution is -0.136. The summed E-state index contributed by atoms with van der Waals surface area (Å²) in [6.45, 7) is 3.88. The van der Waals surface area contributed by atoms with Crippen molar-refractivity contribution in [3.05, 3.63) is 35.4 Å². The number of amides is 2. The fourth-order valence-corrected chi connectivity index (χ4v) is 1.91. The van der Waals surface area contributed by atoms with E-state index in [2.05, 4.69) is 10.6 Å². The summed E-state index contributed by atoms with van der Waals surface area (Å²) >= 11 is 0. The van der Waals surface area contributed by atoms with Crippen molar-refractivity contribution in [2.45, 2.75) is 19.1 Å². The molecule has 1 aliphatic rings. The zero-order chi connectivity index (χ0) is 14.6. The van der Waals surface area contributed by atoms with Gasteiger partial charge in [-0.15, -0.1) is 0 Å². The molecular weight excluding hydrogens is 258 g/mol. The number of rotatable bonds is 6. The Morgan fingerprint density at radius 1 is 1.45 bits per heavy atom. The van der Waals surface area contributed by atoms with Gasteiger partial charge in [-0.1, -0.05) is 12.1 Å². The van der Waals surface area contributed by atoms with Gasteiger partial charge in [-0.2, -0.15) is 0 Å². The molecule has 0 atom stereocenters. The van der Waals surface area contributed by atoms with Crippen LogP contribution in [0.3, 0.4) is 0 Å². The molecule has 1 saturated heterocycles. The molecule has 2 rings (SSSR count). The van der Waals surface area contributed by atoms with Crippen molar-refractivity contribution in [2.75, 3.05) is 19.7 Å². The first-order valence-corrected chi connectivity index (χ1v) is 6.49. The highest BCUT2D eigenvalue weighted by Gasteiger charge is 2.32. The summed E-state index contributed by atoms with van der Waals surface area (Å²) in [6, 6.07) is 6.87. The van der Waals surface area contributed by atoms with E-state index in [1.54, 1.807) is 18.2 Å². The Kier molecular flexibility index (Phi) is 4.36. The van der Waals surface area contributed by atoms with Crippen LogP contribution in [0, 0.1) is 0 Å². The van der Waals surface area contributed by atoms with Crippen LogP contribution in [0.5, 0.6) is 0 Å². The van der Waals surface area contributed by atoms with Gasteiger partial charge in [-0.3, -0.25) is 9.59 Å². The minimum absolute atomic E-state index is 0.0354. The van der Waals surface area contributed by atoms with Crippen LogP contribution >= 0.6 is 0 Å². The molecule has 0 unspecified atom stereocenters. The third-order valence-corrected chi connectivity index (χ3v) is 3.25. The maximum absolute atomic E-state index is 11.7.